The summed E-state index contributed by atoms with van der Waals surface area (Å²) in [4.78, 5) is 14.2. The van der Waals surface area contributed by atoms with Crippen LogP contribution in [0.2, 0.25) is 0 Å². The molecule has 0 radical (unpaired) electrons. The van der Waals surface area contributed by atoms with Gasteiger partial charge in [-0.3, -0.25) is 4.57 Å². The first-order valence-corrected chi connectivity index (χ1v) is 5.71. The lowest BCUT2D eigenvalue weighted by Crippen LogP contribution is -2.20. The minimum atomic E-state index is -5.12. The molecule has 0 fully saturated rings. The second-order valence-corrected chi connectivity index (χ2v) is 5.60. The van der Waals surface area contributed by atoms with Crippen LogP contribution in [-0.4, -0.2) is 27.7 Å². The van der Waals surface area contributed by atoms with Crippen molar-refractivity contribution in [2.75, 3.05) is 0 Å². The highest BCUT2D eigenvalue weighted by Crippen LogP contribution is 2.45. The minimum Gasteiger partial charge on any atom is -0.747 e. The third-order valence-electron chi connectivity index (χ3n) is 0.974. The Morgan fingerprint density at radius 1 is 1.58 bits per heavy atom. The Morgan fingerprint density at radius 2 is 2.00 bits per heavy atom. The monoisotopic (exact) mass is 214 g/mol. The molecule has 0 aromatic heterocycles. The molecule has 0 saturated carbocycles. The number of rotatable bonds is 3. The Labute approximate surface area is 68.5 Å². The highest BCUT2D eigenvalue weighted by molar-refractivity contribution is 7.93. The van der Waals surface area contributed by atoms with Gasteiger partial charge in [0.1, 0.15) is 10.1 Å². The van der Waals surface area contributed by atoms with Gasteiger partial charge >= 0.3 is 7.60 Å². The topological polar surface area (TPSA) is 139 Å². The fraction of sp³-hybridized carbons (Fsp3) is 0.667. The van der Waals surface area contributed by atoms with E-state index in [1.165, 1.54) is 6.07 Å². The number of nitriles is 1. The summed E-state index contributed by atoms with van der Waals surface area (Å²) in [6, 6.07) is 1.21. The lowest BCUT2D eigenvalue weighted by Gasteiger charge is -2.18. The van der Waals surface area contributed by atoms with E-state index in [4.69, 9.17) is 15.0 Å². The molecule has 0 spiro atoms. The molecule has 0 aliphatic heterocycles. The predicted octanol–water partition coefficient (Wildman–Crippen LogP) is -1.05. The normalized spacial score (nSPS) is 15.2. The molecule has 2 N–H and O–H groups in total. The molecule has 0 rings (SSSR count). The molecule has 0 aliphatic rings. The molecule has 0 amide bonds. The Kier molecular flexibility index (Phi) is 3.38. The highest BCUT2D eigenvalue weighted by Gasteiger charge is 2.34. The minimum absolute atomic E-state index is 1.00. The largest absolute Gasteiger partial charge is 0.747 e. The van der Waals surface area contributed by atoms with Crippen LogP contribution in [-0.2, 0) is 14.7 Å². The molecule has 1 unspecified atom stereocenters. The summed E-state index contributed by atoms with van der Waals surface area (Å²) >= 11 is 0. The molecule has 0 saturated heterocycles. The van der Waals surface area contributed by atoms with Gasteiger partial charge in [-0.1, -0.05) is 0 Å². The zero-order chi connectivity index (χ0) is 9.99. The Hall–Kier alpha value is -0.450. The van der Waals surface area contributed by atoms with Gasteiger partial charge in [-0.15, -0.1) is 0 Å². The first-order chi connectivity index (χ1) is 5.19. The summed E-state index contributed by atoms with van der Waals surface area (Å²) < 4.78 is 40.8. The summed E-state index contributed by atoms with van der Waals surface area (Å²) in [6.07, 6.45) is -1.00. The van der Waals surface area contributed by atoms with Gasteiger partial charge in [-0.05, 0) is 0 Å². The second kappa shape index (κ2) is 3.51. The fourth-order valence-electron chi connectivity index (χ4n) is 0.467. The summed E-state index contributed by atoms with van der Waals surface area (Å²) in [7, 11) is -10.2. The highest BCUT2D eigenvalue weighted by atomic mass is 32.2. The number of nitrogens with zero attached hydrogens (tertiary/aromatic N) is 1. The van der Waals surface area contributed by atoms with E-state index in [1.54, 1.807) is 0 Å². The molecule has 0 aromatic rings. The van der Waals surface area contributed by atoms with Gasteiger partial charge < -0.3 is 14.3 Å². The van der Waals surface area contributed by atoms with E-state index in [1.807, 2.05) is 0 Å². The van der Waals surface area contributed by atoms with Crippen LogP contribution >= 0.6 is 7.60 Å². The van der Waals surface area contributed by atoms with Crippen LogP contribution in [0.25, 0.3) is 0 Å². The number of hydrogen-bond donors (Lipinski definition) is 2. The van der Waals surface area contributed by atoms with Crippen LogP contribution in [0.15, 0.2) is 0 Å². The third kappa shape index (κ3) is 3.30. The smallest absolute Gasteiger partial charge is 0.343 e. The second-order valence-electron chi connectivity index (χ2n) is 1.90. The van der Waals surface area contributed by atoms with E-state index in [2.05, 4.69) is 0 Å². The van der Waals surface area contributed by atoms with Crippen molar-refractivity contribution in [1.82, 2.24) is 0 Å². The van der Waals surface area contributed by atoms with Crippen LogP contribution in [0.4, 0.5) is 0 Å². The molecule has 12 heavy (non-hydrogen) atoms. The van der Waals surface area contributed by atoms with Crippen molar-refractivity contribution in [1.29, 1.82) is 5.26 Å². The van der Waals surface area contributed by atoms with Crippen molar-refractivity contribution in [3.05, 3.63) is 0 Å². The molecule has 9 heteroatoms. The van der Waals surface area contributed by atoms with E-state index in [-0.39, 0.29) is 0 Å². The van der Waals surface area contributed by atoms with Crippen LogP contribution in [0.1, 0.15) is 6.42 Å². The summed E-state index contributed by atoms with van der Waals surface area (Å²) in [5.41, 5.74) is 0. The first-order valence-electron chi connectivity index (χ1n) is 2.56. The third-order valence-corrected chi connectivity index (χ3v) is 4.34. The van der Waals surface area contributed by atoms with E-state index >= 15 is 0 Å². The molecule has 0 aliphatic carbocycles. The molecule has 0 bridgehead atoms. The zero-order valence-electron chi connectivity index (χ0n) is 5.61. The molecule has 70 valence electrons. The van der Waals surface area contributed by atoms with Crippen LogP contribution in [0.5, 0.6) is 0 Å². The van der Waals surface area contributed by atoms with E-state index in [0.29, 0.717) is 0 Å². The van der Waals surface area contributed by atoms with Gasteiger partial charge in [0.05, 0.1) is 12.5 Å². The SMILES string of the molecule is N#CCC(P(=O)(O)O)S(=O)(=O)[O-]. The summed E-state index contributed by atoms with van der Waals surface area (Å²) in [5, 5.41) is 7.97. The maximum atomic E-state index is 10.3. The van der Waals surface area contributed by atoms with Crippen molar-refractivity contribution in [3.8, 4) is 6.07 Å². The van der Waals surface area contributed by atoms with Crippen molar-refractivity contribution in [3.63, 3.8) is 0 Å². The van der Waals surface area contributed by atoms with Crippen molar-refractivity contribution >= 4 is 17.7 Å². The molecule has 0 heterocycles. The van der Waals surface area contributed by atoms with Crippen molar-refractivity contribution in [2.45, 2.75) is 11.4 Å². The van der Waals surface area contributed by atoms with Gasteiger partial charge in [-0.2, -0.15) is 5.26 Å². The Balaban J connectivity index is 4.99. The summed E-state index contributed by atoms with van der Waals surface area (Å²) in [5.74, 6) is 0. The van der Waals surface area contributed by atoms with Crippen LogP contribution < -0.4 is 0 Å². The predicted molar refractivity (Wildman–Crippen MR) is 35.8 cm³/mol. The number of hydrogen-bond acceptors (Lipinski definition) is 5. The van der Waals surface area contributed by atoms with Gasteiger partial charge in [0.2, 0.25) is 0 Å². The van der Waals surface area contributed by atoms with E-state index < -0.39 is 29.1 Å². The standard InChI is InChI=1S/C3H6NO6PS/c4-2-1-3(11(5,6)7)12(8,9)10/h3H,1H2,(H2,5,6,7)(H,8,9,10)/p-1. The average molecular weight is 214 g/mol. The van der Waals surface area contributed by atoms with Gasteiger partial charge in [0.15, 0.2) is 4.99 Å². The van der Waals surface area contributed by atoms with Gasteiger partial charge in [0, 0.05) is 0 Å². The lowest BCUT2D eigenvalue weighted by molar-refractivity contribution is 0.363. The zero-order valence-corrected chi connectivity index (χ0v) is 7.33. The molecular weight excluding hydrogens is 209 g/mol. The fourth-order valence-corrected chi connectivity index (χ4v) is 2.41. The van der Waals surface area contributed by atoms with Gasteiger partial charge in [-0.25, -0.2) is 8.42 Å². The molecule has 1 atom stereocenters. The maximum Gasteiger partial charge on any atom is 0.343 e. The van der Waals surface area contributed by atoms with E-state index in [0.717, 1.165) is 0 Å². The van der Waals surface area contributed by atoms with Crippen molar-refractivity contribution < 1.29 is 27.3 Å². The van der Waals surface area contributed by atoms with Gasteiger partial charge in [0.25, 0.3) is 0 Å². The Morgan fingerprint density at radius 3 is 2.08 bits per heavy atom. The van der Waals surface area contributed by atoms with E-state index in [9.17, 15) is 17.5 Å². The van der Waals surface area contributed by atoms with Crippen LogP contribution in [0, 0.1) is 11.3 Å². The lowest BCUT2D eigenvalue weighted by atomic mass is 10.5. The summed E-state index contributed by atoms with van der Waals surface area (Å²) in [6.45, 7) is 0. The maximum absolute atomic E-state index is 10.3. The van der Waals surface area contributed by atoms with Crippen molar-refractivity contribution in [2.24, 2.45) is 0 Å². The average Bonchev–Trinajstić information content (AvgIpc) is 1.77. The molecular formula is C3H5NO6PS-. The van der Waals surface area contributed by atoms with Crippen LogP contribution in [0.3, 0.4) is 0 Å². The quantitative estimate of drug-likeness (QED) is 0.451. The Bertz CT molecular complexity index is 334. The first kappa shape index (κ1) is 11.6. The molecule has 0 aromatic carbocycles. The molecule has 7 nitrogen and oxygen atoms in total.